The number of anilines is 1. The summed E-state index contributed by atoms with van der Waals surface area (Å²) in [6, 6.07) is 3.99. The van der Waals surface area contributed by atoms with Crippen LogP contribution in [0.3, 0.4) is 0 Å². The fourth-order valence-electron chi connectivity index (χ4n) is 2.74. The standard InChI is InChI=1S/C14H19F2N/c1-2-10-5-3-4-6-14(10)17-13-8-11(15)7-12(16)9-13/h7-10,14,17H,2-6H2,1H3. The summed E-state index contributed by atoms with van der Waals surface area (Å²) in [6.07, 6.45) is 5.90. The van der Waals surface area contributed by atoms with Crippen LogP contribution < -0.4 is 5.32 Å². The molecule has 0 radical (unpaired) electrons. The minimum absolute atomic E-state index is 0.356. The van der Waals surface area contributed by atoms with Crippen molar-refractivity contribution in [1.82, 2.24) is 0 Å². The van der Waals surface area contributed by atoms with Crippen LogP contribution in [0.4, 0.5) is 14.5 Å². The topological polar surface area (TPSA) is 12.0 Å². The van der Waals surface area contributed by atoms with Crippen LogP contribution >= 0.6 is 0 Å². The number of hydrogen-bond acceptors (Lipinski definition) is 1. The summed E-state index contributed by atoms with van der Waals surface area (Å²) in [5, 5.41) is 3.28. The third-order valence-corrected chi connectivity index (χ3v) is 3.65. The molecule has 1 nitrogen and oxygen atoms in total. The quantitative estimate of drug-likeness (QED) is 0.827. The van der Waals surface area contributed by atoms with E-state index in [1.54, 1.807) is 0 Å². The zero-order valence-corrected chi connectivity index (χ0v) is 10.2. The van der Waals surface area contributed by atoms with Gasteiger partial charge in [-0.2, -0.15) is 0 Å². The Kier molecular flexibility index (Phi) is 3.97. The van der Waals surface area contributed by atoms with Crippen molar-refractivity contribution >= 4 is 5.69 Å². The van der Waals surface area contributed by atoms with Crippen molar-refractivity contribution in [2.75, 3.05) is 5.32 Å². The van der Waals surface area contributed by atoms with E-state index < -0.39 is 11.6 Å². The molecule has 0 heterocycles. The molecule has 3 heteroatoms. The van der Waals surface area contributed by atoms with E-state index in [4.69, 9.17) is 0 Å². The van der Waals surface area contributed by atoms with Gasteiger partial charge in [-0.3, -0.25) is 0 Å². The lowest BCUT2D eigenvalue weighted by Crippen LogP contribution is -2.31. The van der Waals surface area contributed by atoms with Gasteiger partial charge in [0.05, 0.1) is 0 Å². The number of benzene rings is 1. The summed E-state index contributed by atoms with van der Waals surface area (Å²) in [7, 11) is 0. The van der Waals surface area contributed by atoms with Gasteiger partial charge in [0, 0.05) is 17.8 Å². The molecule has 1 saturated carbocycles. The Morgan fingerprint density at radius 3 is 2.41 bits per heavy atom. The van der Waals surface area contributed by atoms with Crippen LogP contribution in [-0.2, 0) is 0 Å². The molecule has 0 aliphatic heterocycles. The molecule has 1 fully saturated rings. The second-order valence-electron chi connectivity index (χ2n) is 4.86. The Morgan fingerprint density at radius 1 is 1.12 bits per heavy atom. The zero-order valence-electron chi connectivity index (χ0n) is 10.2. The van der Waals surface area contributed by atoms with Gasteiger partial charge in [-0.15, -0.1) is 0 Å². The summed E-state index contributed by atoms with van der Waals surface area (Å²) in [5.74, 6) is -0.414. The second kappa shape index (κ2) is 5.48. The highest BCUT2D eigenvalue weighted by molar-refractivity contribution is 5.44. The molecule has 0 amide bonds. The second-order valence-corrected chi connectivity index (χ2v) is 4.86. The monoisotopic (exact) mass is 239 g/mol. The van der Waals surface area contributed by atoms with Crippen molar-refractivity contribution in [2.45, 2.75) is 45.1 Å². The number of halogens is 2. The molecular weight excluding hydrogens is 220 g/mol. The Morgan fingerprint density at radius 2 is 1.76 bits per heavy atom. The minimum atomic E-state index is -0.517. The van der Waals surface area contributed by atoms with Gasteiger partial charge in [-0.1, -0.05) is 26.2 Å². The van der Waals surface area contributed by atoms with Gasteiger partial charge in [0.1, 0.15) is 11.6 Å². The molecule has 1 aliphatic carbocycles. The highest BCUT2D eigenvalue weighted by atomic mass is 19.1. The first-order chi connectivity index (χ1) is 8.19. The lowest BCUT2D eigenvalue weighted by atomic mass is 9.83. The Bertz CT molecular complexity index is 358. The van der Waals surface area contributed by atoms with Gasteiger partial charge >= 0.3 is 0 Å². The molecule has 94 valence electrons. The number of rotatable bonds is 3. The molecule has 0 spiro atoms. The third-order valence-electron chi connectivity index (χ3n) is 3.65. The Labute approximate surface area is 101 Å². The first-order valence-corrected chi connectivity index (χ1v) is 6.41. The molecule has 1 aliphatic rings. The summed E-state index contributed by atoms with van der Waals surface area (Å²) in [5.41, 5.74) is 0.563. The van der Waals surface area contributed by atoms with E-state index in [9.17, 15) is 8.78 Å². The van der Waals surface area contributed by atoms with Crippen LogP contribution in [-0.4, -0.2) is 6.04 Å². The first-order valence-electron chi connectivity index (χ1n) is 6.41. The number of hydrogen-bond donors (Lipinski definition) is 1. The third kappa shape index (κ3) is 3.18. The molecule has 1 aromatic rings. The maximum Gasteiger partial charge on any atom is 0.128 e. The summed E-state index contributed by atoms with van der Waals surface area (Å²) < 4.78 is 26.2. The predicted molar refractivity (Wildman–Crippen MR) is 66.0 cm³/mol. The summed E-state index contributed by atoms with van der Waals surface area (Å²) in [6.45, 7) is 2.18. The van der Waals surface area contributed by atoms with E-state index in [-0.39, 0.29) is 0 Å². The lowest BCUT2D eigenvalue weighted by molar-refractivity contribution is 0.317. The highest BCUT2D eigenvalue weighted by Crippen LogP contribution is 2.29. The molecule has 0 bridgehead atoms. The molecule has 2 unspecified atom stereocenters. The highest BCUT2D eigenvalue weighted by Gasteiger charge is 2.23. The van der Waals surface area contributed by atoms with Gasteiger partial charge < -0.3 is 5.32 Å². The Balaban J connectivity index is 2.08. The largest absolute Gasteiger partial charge is 0.382 e. The smallest absolute Gasteiger partial charge is 0.128 e. The van der Waals surface area contributed by atoms with Crippen molar-refractivity contribution in [3.05, 3.63) is 29.8 Å². The fourth-order valence-corrected chi connectivity index (χ4v) is 2.74. The van der Waals surface area contributed by atoms with Crippen LogP contribution in [0.25, 0.3) is 0 Å². The molecule has 1 aromatic carbocycles. The molecule has 0 saturated heterocycles. The van der Waals surface area contributed by atoms with Crippen molar-refractivity contribution in [3.8, 4) is 0 Å². The summed E-state index contributed by atoms with van der Waals surface area (Å²) in [4.78, 5) is 0. The zero-order chi connectivity index (χ0) is 12.3. The van der Waals surface area contributed by atoms with E-state index in [0.717, 1.165) is 18.9 Å². The molecule has 1 N–H and O–H groups in total. The molecule has 0 aromatic heterocycles. The minimum Gasteiger partial charge on any atom is -0.382 e. The first kappa shape index (κ1) is 12.3. The number of nitrogens with one attached hydrogen (secondary N) is 1. The van der Waals surface area contributed by atoms with Crippen molar-refractivity contribution < 1.29 is 8.78 Å². The molecule has 2 atom stereocenters. The predicted octanol–water partition coefficient (Wildman–Crippen LogP) is 4.35. The van der Waals surface area contributed by atoms with Gasteiger partial charge in [0.15, 0.2) is 0 Å². The molecule has 17 heavy (non-hydrogen) atoms. The maximum atomic E-state index is 13.1. The average Bonchev–Trinajstić information content (AvgIpc) is 2.28. The van der Waals surface area contributed by atoms with E-state index in [0.29, 0.717) is 17.6 Å². The average molecular weight is 239 g/mol. The van der Waals surface area contributed by atoms with Gasteiger partial charge in [-0.25, -0.2) is 8.78 Å². The van der Waals surface area contributed by atoms with Gasteiger partial charge in [-0.05, 0) is 30.9 Å². The van der Waals surface area contributed by atoms with Crippen LogP contribution in [0, 0.1) is 17.6 Å². The summed E-state index contributed by atoms with van der Waals surface area (Å²) >= 11 is 0. The van der Waals surface area contributed by atoms with Gasteiger partial charge in [0.25, 0.3) is 0 Å². The van der Waals surface area contributed by atoms with Crippen LogP contribution in [0.5, 0.6) is 0 Å². The lowest BCUT2D eigenvalue weighted by Gasteiger charge is -2.32. The van der Waals surface area contributed by atoms with E-state index in [2.05, 4.69) is 12.2 Å². The van der Waals surface area contributed by atoms with Crippen molar-refractivity contribution in [3.63, 3.8) is 0 Å². The van der Waals surface area contributed by atoms with Crippen molar-refractivity contribution in [1.29, 1.82) is 0 Å². The van der Waals surface area contributed by atoms with Crippen LogP contribution in [0.15, 0.2) is 18.2 Å². The SMILES string of the molecule is CCC1CCCCC1Nc1cc(F)cc(F)c1. The maximum absolute atomic E-state index is 13.1. The van der Waals surface area contributed by atoms with Crippen LogP contribution in [0.2, 0.25) is 0 Å². The molecular formula is C14H19F2N. The Hall–Kier alpha value is -1.12. The van der Waals surface area contributed by atoms with E-state index in [1.165, 1.54) is 31.4 Å². The normalized spacial score (nSPS) is 24.6. The van der Waals surface area contributed by atoms with E-state index in [1.807, 2.05) is 0 Å². The van der Waals surface area contributed by atoms with Gasteiger partial charge in [0.2, 0.25) is 0 Å². The van der Waals surface area contributed by atoms with Crippen molar-refractivity contribution in [2.24, 2.45) is 5.92 Å². The van der Waals surface area contributed by atoms with E-state index >= 15 is 0 Å². The van der Waals surface area contributed by atoms with Crippen LogP contribution in [0.1, 0.15) is 39.0 Å². The molecule has 2 rings (SSSR count). The fraction of sp³-hybridized carbons (Fsp3) is 0.571.